The third kappa shape index (κ3) is 2.53. The molecule has 0 aliphatic carbocycles. The van der Waals surface area contributed by atoms with Crippen molar-refractivity contribution in [1.82, 2.24) is 4.98 Å². The molecule has 1 unspecified atom stereocenters. The third-order valence-electron chi connectivity index (χ3n) is 3.89. The fourth-order valence-electron chi connectivity index (χ4n) is 2.64. The van der Waals surface area contributed by atoms with E-state index in [9.17, 15) is 5.11 Å². The van der Waals surface area contributed by atoms with E-state index in [4.69, 9.17) is 5.73 Å². The Morgan fingerprint density at radius 1 is 1.42 bits per heavy atom. The molecule has 102 valence electrons. The Kier molecular flexibility index (Phi) is 3.33. The molecule has 4 nitrogen and oxygen atoms in total. The second-order valence-electron chi connectivity index (χ2n) is 5.29. The largest absolute Gasteiger partial charge is 0.399 e. The molecular weight excluding hydrogens is 258 g/mol. The lowest BCUT2D eigenvalue weighted by molar-refractivity contribution is 0.110. The molecule has 1 fully saturated rings. The number of thiazole rings is 1. The highest BCUT2D eigenvalue weighted by Gasteiger charge is 2.24. The van der Waals surface area contributed by atoms with Crippen molar-refractivity contribution < 1.29 is 5.11 Å². The van der Waals surface area contributed by atoms with Crippen molar-refractivity contribution in [1.29, 1.82) is 0 Å². The summed E-state index contributed by atoms with van der Waals surface area (Å²) in [6.45, 7) is 3.84. The smallest absolute Gasteiger partial charge is 0.186 e. The van der Waals surface area contributed by atoms with Crippen LogP contribution in [0.25, 0.3) is 10.2 Å². The van der Waals surface area contributed by atoms with E-state index in [1.54, 1.807) is 11.3 Å². The average Bonchev–Trinajstić information content (AvgIpc) is 2.81. The van der Waals surface area contributed by atoms with Crippen molar-refractivity contribution in [2.75, 3.05) is 23.7 Å². The summed E-state index contributed by atoms with van der Waals surface area (Å²) in [6, 6.07) is 5.86. The number of nitrogens with zero attached hydrogens (tertiary/aromatic N) is 2. The monoisotopic (exact) mass is 277 g/mol. The van der Waals surface area contributed by atoms with E-state index in [2.05, 4.69) is 9.88 Å². The number of aliphatic hydroxyl groups excluding tert-OH is 1. The zero-order valence-electron chi connectivity index (χ0n) is 11.0. The number of piperidine rings is 1. The summed E-state index contributed by atoms with van der Waals surface area (Å²) in [5.74, 6) is 0.432. The summed E-state index contributed by atoms with van der Waals surface area (Å²) in [7, 11) is 0. The summed E-state index contributed by atoms with van der Waals surface area (Å²) in [6.07, 6.45) is 1.88. The number of benzene rings is 1. The fraction of sp³-hybridized carbons (Fsp3) is 0.500. The normalized spacial score (nSPS) is 18.9. The van der Waals surface area contributed by atoms with E-state index >= 15 is 0 Å². The maximum atomic E-state index is 9.63. The van der Waals surface area contributed by atoms with Gasteiger partial charge in [0.2, 0.25) is 0 Å². The summed E-state index contributed by atoms with van der Waals surface area (Å²) in [5.41, 5.74) is 7.61. The molecule has 1 atom stereocenters. The van der Waals surface area contributed by atoms with Gasteiger partial charge in [-0.3, -0.25) is 0 Å². The van der Waals surface area contributed by atoms with Crippen LogP contribution >= 0.6 is 11.3 Å². The van der Waals surface area contributed by atoms with Crippen LogP contribution in [0.5, 0.6) is 0 Å². The van der Waals surface area contributed by atoms with Gasteiger partial charge in [-0.05, 0) is 43.9 Å². The van der Waals surface area contributed by atoms with Crippen LogP contribution in [-0.2, 0) is 0 Å². The molecule has 0 bridgehead atoms. The first-order valence-corrected chi connectivity index (χ1v) is 7.54. The quantitative estimate of drug-likeness (QED) is 0.828. The molecule has 3 rings (SSSR count). The van der Waals surface area contributed by atoms with E-state index in [1.807, 2.05) is 25.1 Å². The Morgan fingerprint density at radius 2 is 2.16 bits per heavy atom. The first-order valence-electron chi connectivity index (χ1n) is 6.72. The van der Waals surface area contributed by atoms with Crippen molar-refractivity contribution in [2.24, 2.45) is 5.92 Å². The van der Waals surface area contributed by atoms with E-state index < -0.39 is 0 Å². The highest BCUT2D eigenvalue weighted by atomic mass is 32.1. The molecule has 1 aliphatic heterocycles. The number of fused-ring (bicyclic) bond motifs is 1. The van der Waals surface area contributed by atoms with Gasteiger partial charge in [-0.15, -0.1) is 0 Å². The predicted molar refractivity (Wildman–Crippen MR) is 80.7 cm³/mol. The number of nitrogens with two attached hydrogens (primary N) is 1. The second kappa shape index (κ2) is 4.98. The van der Waals surface area contributed by atoms with E-state index in [0.29, 0.717) is 5.92 Å². The summed E-state index contributed by atoms with van der Waals surface area (Å²) < 4.78 is 1.15. The fourth-order valence-corrected chi connectivity index (χ4v) is 3.70. The van der Waals surface area contributed by atoms with Crippen LogP contribution in [0.4, 0.5) is 10.8 Å². The molecule has 19 heavy (non-hydrogen) atoms. The van der Waals surface area contributed by atoms with Gasteiger partial charge in [-0.2, -0.15) is 0 Å². The van der Waals surface area contributed by atoms with Crippen LogP contribution in [0.3, 0.4) is 0 Å². The Bertz CT molecular complexity index is 573. The van der Waals surface area contributed by atoms with Crippen molar-refractivity contribution in [3.63, 3.8) is 0 Å². The maximum absolute atomic E-state index is 9.63. The first kappa shape index (κ1) is 12.7. The van der Waals surface area contributed by atoms with Crippen molar-refractivity contribution in [2.45, 2.75) is 25.9 Å². The maximum Gasteiger partial charge on any atom is 0.186 e. The highest BCUT2D eigenvalue weighted by molar-refractivity contribution is 7.22. The van der Waals surface area contributed by atoms with Crippen LogP contribution in [0.2, 0.25) is 0 Å². The molecule has 1 aromatic heterocycles. The molecule has 2 aromatic rings. The van der Waals surface area contributed by atoms with Gasteiger partial charge in [-0.1, -0.05) is 11.3 Å². The minimum Gasteiger partial charge on any atom is -0.399 e. The molecule has 0 spiro atoms. The lowest BCUT2D eigenvalue weighted by Gasteiger charge is -2.32. The van der Waals surface area contributed by atoms with Gasteiger partial charge < -0.3 is 15.7 Å². The van der Waals surface area contributed by atoms with Gasteiger partial charge in [0.05, 0.1) is 16.3 Å². The number of aliphatic hydroxyl groups is 1. The first-order chi connectivity index (χ1) is 9.13. The van der Waals surface area contributed by atoms with Crippen LogP contribution in [0, 0.1) is 5.92 Å². The number of rotatable bonds is 2. The van der Waals surface area contributed by atoms with E-state index in [1.165, 1.54) is 0 Å². The molecule has 0 amide bonds. The molecule has 1 saturated heterocycles. The molecule has 0 radical (unpaired) electrons. The summed E-state index contributed by atoms with van der Waals surface area (Å²) in [4.78, 5) is 6.99. The van der Waals surface area contributed by atoms with Crippen molar-refractivity contribution in [3.8, 4) is 0 Å². The highest BCUT2D eigenvalue weighted by Crippen LogP contribution is 2.32. The SMILES string of the molecule is CC(O)C1CCN(c2nc3ccc(N)cc3s2)CC1. The van der Waals surface area contributed by atoms with Crippen LogP contribution in [0.1, 0.15) is 19.8 Å². The van der Waals surface area contributed by atoms with Gasteiger partial charge in [0.1, 0.15) is 0 Å². The summed E-state index contributed by atoms with van der Waals surface area (Å²) in [5, 5.41) is 10.7. The van der Waals surface area contributed by atoms with Gasteiger partial charge in [0, 0.05) is 18.8 Å². The number of anilines is 2. The summed E-state index contributed by atoms with van der Waals surface area (Å²) >= 11 is 1.70. The lowest BCUT2D eigenvalue weighted by atomic mass is 9.92. The molecular formula is C14H19N3OS. The number of aromatic nitrogens is 1. The Labute approximate surface area is 116 Å². The average molecular weight is 277 g/mol. The molecule has 1 aromatic carbocycles. The second-order valence-corrected chi connectivity index (χ2v) is 6.30. The van der Waals surface area contributed by atoms with Crippen LogP contribution < -0.4 is 10.6 Å². The number of hydrogen-bond donors (Lipinski definition) is 2. The lowest BCUT2D eigenvalue weighted by Crippen LogP contribution is -2.36. The van der Waals surface area contributed by atoms with Crippen LogP contribution in [-0.4, -0.2) is 29.3 Å². The van der Waals surface area contributed by atoms with Gasteiger partial charge in [-0.25, -0.2) is 4.98 Å². The standard InChI is InChI=1S/C14H19N3OS/c1-9(18)10-4-6-17(7-5-10)14-16-12-3-2-11(15)8-13(12)19-14/h2-3,8-10,18H,4-7,15H2,1H3. The molecule has 1 aliphatic rings. The van der Waals surface area contributed by atoms with E-state index in [-0.39, 0.29) is 6.10 Å². The Hall–Kier alpha value is -1.33. The Balaban J connectivity index is 1.78. The van der Waals surface area contributed by atoms with Gasteiger partial charge >= 0.3 is 0 Å². The third-order valence-corrected chi connectivity index (χ3v) is 4.97. The zero-order valence-corrected chi connectivity index (χ0v) is 11.9. The van der Waals surface area contributed by atoms with E-state index in [0.717, 1.165) is 47.0 Å². The molecule has 3 N–H and O–H groups in total. The van der Waals surface area contributed by atoms with Crippen molar-refractivity contribution in [3.05, 3.63) is 18.2 Å². The van der Waals surface area contributed by atoms with Gasteiger partial charge in [0.25, 0.3) is 0 Å². The van der Waals surface area contributed by atoms with Crippen LogP contribution in [0.15, 0.2) is 18.2 Å². The minimum atomic E-state index is -0.197. The molecule has 2 heterocycles. The zero-order chi connectivity index (χ0) is 13.4. The minimum absolute atomic E-state index is 0.197. The molecule has 5 heteroatoms. The Morgan fingerprint density at radius 3 is 2.84 bits per heavy atom. The predicted octanol–water partition coefficient (Wildman–Crippen LogP) is 2.48. The van der Waals surface area contributed by atoms with Crippen molar-refractivity contribution >= 4 is 32.4 Å². The topological polar surface area (TPSA) is 62.4 Å². The van der Waals surface area contributed by atoms with Gasteiger partial charge in [0.15, 0.2) is 5.13 Å². The molecule has 0 saturated carbocycles. The number of nitrogen functional groups attached to an aromatic ring is 1. The number of hydrogen-bond acceptors (Lipinski definition) is 5.